The van der Waals surface area contributed by atoms with Gasteiger partial charge < -0.3 is 5.32 Å². The van der Waals surface area contributed by atoms with E-state index in [1.54, 1.807) is 6.07 Å². The van der Waals surface area contributed by atoms with Gasteiger partial charge in [-0.2, -0.15) is 4.39 Å². The number of nitrogens with one attached hydrogen (secondary N) is 1. The number of halogens is 1. The van der Waals surface area contributed by atoms with Crippen molar-refractivity contribution in [2.45, 2.75) is 38.5 Å². The largest absolute Gasteiger partial charge is 0.370 e. The third-order valence-electron chi connectivity index (χ3n) is 3.26. The molecule has 0 bridgehead atoms. The van der Waals surface area contributed by atoms with E-state index in [4.69, 9.17) is 0 Å². The van der Waals surface area contributed by atoms with E-state index in [-0.39, 0.29) is 0 Å². The fraction of sp³-hybridized carbons (Fsp3) is 0.615. The van der Waals surface area contributed by atoms with E-state index in [9.17, 15) is 4.39 Å². The highest BCUT2D eigenvalue weighted by atomic mass is 19.1. The zero-order chi connectivity index (χ0) is 11.2. The molecule has 0 aliphatic heterocycles. The second-order valence-electron chi connectivity index (χ2n) is 4.58. The molecule has 2 rings (SSSR count). The smallest absolute Gasteiger partial charge is 0.214 e. The Hall–Kier alpha value is -1.12. The molecule has 0 amide bonds. The van der Waals surface area contributed by atoms with Crippen molar-refractivity contribution in [3.05, 3.63) is 24.1 Å². The molecular weight excluding hydrogens is 203 g/mol. The Morgan fingerprint density at radius 3 is 2.62 bits per heavy atom. The van der Waals surface area contributed by atoms with Crippen LogP contribution in [0.4, 0.5) is 10.2 Å². The summed E-state index contributed by atoms with van der Waals surface area (Å²) in [6.07, 6.45) is 8.00. The highest BCUT2D eigenvalue weighted by molar-refractivity contribution is 5.33. The first-order valence-corrected chi connectivity index (χ1v) is 6.21. The molecule has 0 unspecified atom stereocenters. The molecular formula is C13H19FN2. The van der Waals surface area contributed by atoms with Crippen LogP contribution in [0.2, 0.25) is 0 Å². The van der Waals surface area contributed by atoms with E-state index in [0.29, 0.717) is 5.82 Å². The minimum Gasteiger partial charge on any atom is -0.370 e. The van der Waals surface area contributed by atoms with E-state index in [2.05, 4.69) is 10.3 Å². The topological polar surface area (TPSA) is 24.9 Å². The molecule has 1 heterocycles. The quantitative estimate of drug-likeness (QED) is 0.624. The van der Waals surface area contributed by atoms with Crippen LogP contribution in [0, 0.1) is 11.9 Å². The second-order valence-corrected chi connectivity index (χ2v) is 4.58. The van der Waals surface area contributed by atoms with Gasteiger partial charge in [0.05, 0.1) is 0 Å². The number of aromatic nitrogens is 1. The summed E-state index contributed by atoms with van der Waals surface area (Å²) in [5, 5.41) is 3.23. The maximum atomic E-state index is 12.8. The van der Waals surface area contributed by atoms with Crippen molar-refractivity contribution in [1.29, 1.82) is 0 Å². The molecule has 0 atom stereocenters. The van der Waals surface area contributed by atoms with Gasteiger partial charge in [0.2, 0.25) is 5.95 Å². The van der Waals surface area contributed by atoms with Gasteiger partial charge in [-0.25, -0.2) is 4.98 Å². The van der Waals surface area contributed by atoms with E-state index in [1.165, 1.54) is 44.6 Å². The zero-order valence-electron chi connectivity index (χ0n) is 9.58. The Morgan fingerprint density at radius 1 is 1.19 bits per heavy atom. The van der Waals surface area contributed by atoms with Crippen LogP contribution in [0.3, 0.4) is 0 Å². The van der Waals surface area contributed by atoms with Crippen molar-refractivity contribution < 1.29 is 4.39 Å². The fourth-order valence-electron chi connectivity index (χ4n) is 2.32. The molecule has 1 aliphatic carbocycles. The van der Waals surface area contributed by atoms with Crippen LogP contribution in [0.1, 0.15) is 38.5 Å². The maximum absolute atomic E-state index is 12.8. The summed E-state index contributed by atoms with van der Waals surface area (Å²) in [7, 11) is 0. The van der Waals surface area contributed by atoms with Gasteiger partial charge in [-0.1, -0.05) is 31.7 Å². The molecule has 0 saturated heterocycles. The average molecular weight is 222 g/mol. The van der Waals surface area contributed by atoms with Gasteiger partial charge in [0.1, 0.15) is 5.82 Å². The predicted octanol–water partition coefficient (Wildman–Crippen LogP) is 3.60. The lowest BCUT2D eigenvalue weighted by atomic mass is 10.0. The number of hydrogen-bond donors (Lipinski definition) is 1. The monoisotopic (exact) mass is 222 g/mol. The Kier molecular flexibility index (Phi) is 4.14. The summed E-state index contributed by atoms with van der Waals surface area (Å²) in [5.74, 6) is 0.975. The van der Waals surface area contributed by atoms with Crippen LogP contribution < -0.4 is 5.32 Å². The predicted molar refractivity (Wildman–Crippen MR) is 63.9 cm³/mol. The molecule has 88 valence electrons. The number of anilines is 1. The number of pyridine rings is 1. The highest BCUT2D eigenvalue weighted by Crippen LogP contribution is 2.22. The molecule has 1 aliphatic rings. The molecule has 1 N–H and O–H groups in total. The van der Waals surface area contributed by atoms with Crippen molar-refractivity contribution in [1.82, 2.24) is 4.98 Å². The van der Waals surface area contributed by atoms with Crippen molar-refractivity contribution in [2.24, 2.45) is 5.92 Å². The van der Waals surface area contributed by atoms with Crippen LogP contribution in [0.25, 0.3) is 0 Å². The summed E-state index contributed by atoms with van der Waals surface area (Å²) in [5.41, 5.74) is 0. The molecule has 1 fully saturated rings. The van der Waals surface area contributed by atoms with E-state index in [0.717, 1.165) is 12.5 Å². The minimum absolute atomic E-state index is 0.411. The molecule has 3 heteroatoms. The Bertz CT molecular complexity index is 319. The Labute approximate surface area is 96.3 Å². The standard InChI is InChI=1S/C13H19FN2/c14-12-8-5-9-13(16-12)15-10-11-6-3-1-2-4-7-11/h5,8-9,11H,1-4,6-7,10H2,(H,15,16). The van der Waals surface area contributed by atoms with Crippen molar-refractivity contribution in [3.8, 4) is 0 Å². The lowest BCUT2D eigenvalue weighted by molar-refractivity contribution is 0.482. The second kappa shape index (κ2) is 5.83. The minimum atomic E-state index is -0.411. The average Bonchev–Trinajstić information content (AvgIpc) is 2.55. The lowest BCUT2D eigenvalue weighted by Crippen LogP contribution is -2.14. The van der Waals surface area contributed by atoms with Gasteiger partial charge in [0, 0.05) is 6.54 Å². The van der Waals surface area contributed by atoms with Crippen LogP contribution in [-0.4, -0.2) is 11.5 Å². The van der Waals surface area contributed by atoms with Gasteiger partial charge >= 0.3 is 0 Å². The SMILES string of the molecule is Fc1cccc(NCC2CCCCCC2)n1. The van der Waals surface area contributed by atoms with Gasteiger partial charge in [-0.3, -0.25) is 0 Å². The normalized spacial score (nSPS) is 18.1. The Morgan fingerprint density at radius 2 is 1.94 bits per heavy atom. The van der Waals surface area contributed by atoms with Gasteiger partial charge in [-0.05, 0) is 30.9 Å². The molecule has 16 heavy (non-hydrogen) atoms. The molecule has 0 radical (unpaired) electrons. The molecule has 0 spiro atoms. The van der Waals surface area contributed by atoms with E-state index in [1.807, 2.05) is 6.07 Å². The van der Waals surface area contributed by atoms with E-state index >= 15 is 0 Å². The third-order valence-corrected chi connectivity index (χ3v) is 3.26. The highest BCUT2D eigenvalue weighted by Gasteiger charge is 2.11. The first-order chi connectivity index (χ1) is 7.84. The van der Waals surface area contributed by atoms with Crippen LogP contribution >= 0.6 is 0 Å². The van der Waals surface area contributed by atoms with Gasteiger partial charge in [-0.15, -0.1) is 0 Å². The zero-order valence-corrected chi connectivity index (χ0v) is 9.58. The van der Waals surface area contributed by atoms with Crippen molar-refractivity contribution >= 4 is 5.82 Å². The maximum Gasteiger partial charge on any atom is 0.214 e. The number of nitrogens with zero attached hydrogens (tertiary/aromatic N) is 1. The summed E-state index contributed by atoms with van der Waals surface area (Å²) in [6.45, 7) is 0.927. The third kappa shape index (κ3) is 3.47. The van der Waals surface area contributed by atoms with Crippen LogP contribution in [-0.2, 0) is 0 Å². The van der Waals surface area contributed by atoms with Crippen molar-refractivity contribution in [3.63, 3.8) is 0 Å². The Balaban J connectivity index is 1.81. The summed E-state index contributed by atoms with van der Waals surface area (Å²) in [4.78, 5) is 3.80. The number of rotatable bonds is 3. The number of hydrogen-bond acceptors (Lipinski definition) is 2. The summed E-state index contributed by atoms with van der Waals surface area (Å²) < 4.78 is 12.8. The van der Waals surface area contributed by atoms with Crippen LogP contribution in [0.5, 0.6) is 0 Å². The molecule has 1 aromatic rings. The first kappa shape index (κ1) is 11.4. The first-order valence-electron chi connectivity index (χ1n) is 6.21. The lowest BCUT2D eigenvalue weighted by Gasteiger charge is -2.14. The molecule has 1 saturated carbocycles. The van der Waals surface area contributed by atoms with Crippen LogP contribution in [0.15, 0.2) is 18.2 Å². The molecule has 0 aromatic carbocycles. The fourth-order valence-corrected chi connectivity index (χ4v) is 2.32. The van der Waals surface area contributed by atoms with Crippen molar-refractivity contribution in [2.75, 3.05) is 11.9 Å². The van der Waals surface area contributed by atoms with E-state index < -0.39 is 5.95 Å². The van der Waals surface area contributed by atoms with Gasteiger partial charge in [0.15, 0.2) is 0 Å². The summed E-state index contributed by atoms with van der Waals surface area (Å²) in [6, 6.07) is 4.88. The summed E-state index contributed by atoms with van der Waals surface area (Å²) >= 11 is 0. The molecule has 2 nitrogen and oxygen atoms in total. The molecule has 1 aromatic heterocycles. The van der Waals surface area contributed by atoms with Gasteiger partial charge in [0.25, 0.3) is 0 Å².